The molecule has 0 unspecified atom stereocenters. The van der Waals surface area contributed by atoms with Gasteiger partial charge in [0.1, 0.15) is 30.5 Å². The first-order chi connectivity index (χ1) is 28.7. The molecule has 0 bridgehead atoms. The van der Waals surface area contributed by atoms with Gasteiger partial charge in [-0.1, -0.05) is 139 Å². The largest absolute Gasteiger partial charge is 0.454 e. The van der Waals surface area contributed by atoms with Crippen molar-refractivity contribution >= 4 is 20.3 Å². The summed E-state index contributed by atoms with van der Waals surface area (Å²) in [6.45, 7) is 16.6. The number of ether oxygens (including phenoxy) is 6. The second-order valence-electron chi connectivity index (χ2n) is 18.0. The molecule has 0 aliphatic carbocycles. The summed E-state index contributed by atoms with van der Waals surface area (Å²) in [4.78, 5) is 30.1. The Morgan fingerprint density at radius 2 is 1.40 bits per heavy atom. The molecule has 2 aromatic carbocycles. The quantitative estimate of drug-likeness (QED) is 0.0181. The Kier molecular flexibility index (Phi) is 19.8. The summed E-state index contributed by atoms with van der Waals surface area (Å²) in [6.07, 6.45) is 12.9. The lowest BCUT2D eigenvalue weighted by Crippen LogP contribution is -2.60. The predicted molar refractivity (Wildman–Crippen MR) is 236 cm³/mol. The zero-order chi connectivity index (χ0) is 43.6. The minimum Gasteiger partial charge on any atom is -0.454 e. The Hall–Kier alpha value is -3.55. The van der Waals surface area contributed by atoms with Gasteiger partial charge in [0.2, 0.25) is 0 Å². The van der Waals surface area contributed by atoms with Crippen molar-refractivity contribution in [2.24, 2.45) is 5.11 Å². The summed E-state index contributed by atoms with van der Waals surface area (Å²) in [6, 6.07) is 16.3. The molecule has 2 fully saturated rings. The highest BCUT2D eigenvalue weighted by Gasteiger charge is 2.58. The number of hydrogen-bond donors (Lipinski definition) is 0. The number of carbonyl (C=O) groups excluding carboxylic acids is 2. The zero-order valence-electron chi connectivity index (χ0n) is 37.4. The average Bonchev–Trinajstić information content (AvgIpc) is 3.55. The van der Waals surface area contributed by atoms with Crippen molar-refractivity contribution in [2.45, 2.75) is 185 Å². The molecule has 7 atom stereocenters. The summed E-state index contributed by atoms with van der Waals surface area (Å²) in [5.41, 5.74) is 10.5. The number of rotatable bonds is 25. The van der Waals surface area contributed by atoms with Crippen molar-refractivity contribution in [3.8, 4) is 0 Å². The van der Waals surface area contributed by atoms with Crippen LogP contribution in [0.25, 0.3) is 10.4 Å². The van der Waals surface area contributed by atoms with Crippen molar-refractivity contribution in [2.75, 3.05) is 13.2 Å². The van der Waals surface area contributed by atoms with Crippen LogP contribution in [0.2, 0.25) is 18.1 Å². The van der Waals surface area contributed by atoms with E-state index >= 15 is 0 Å². The van der Waals surface area contributed by atoms with E-state index < -0.39 is 68.9 Å². The van der Waals surface area contributed by atoms with Crippen LogP contribution in [-0.4, -0.2) is 82.1 Å². The molecule has 4 rings (SSSR count). The lowest BCUT2D eigenvalue weighted by atomic mass is 9.99. The molecule has 0 radical (unpaired) electrons. The lowest BCUT2D eigenvalue weighted by Gasteiger charge is -2.43. The van der Waals surface area contributed by atoms with Crippen molar-refractivity contribution in [1.29, 1.82) is 0 Å². The maximum Gasteiger partial charge on any atom is 0.338 e. The molecule has 13 heteroatoms. The van der Waals surface area contributed by atoms with Crippen LogP contribution in [0.3, 0.4) is 0 Å². The van der Waals surface area contributed by atoms with E-state index in [1.54, 1.807) is 68.5 Å². The van der Waals surface area contributed by atoms with E-state index in [-0.39, 0.29) is 18.3 Å². The van der Waals surface area contributed by atoms with Gasteiger partial charge in [-0.2, -0.15) is 0 Å². The van der Waals surface area contributed by atoms with Gasteiger partial charge in [0.15, 0.2) is 26.5 Å². The predicted octanol–water partition coefficient (Wildman–Crippen LogP) is 11.7. The Morgan fingerprint density at radius 1 is 0.850 bits per heavy atom. The van der Waals surface area contributed by atoms with Crippen LogP contribution in [0.4, 0.5) is 0 Å². The number of allylic oxidation sites excluding steroid dienone is 1. The molecule has 12 nitrogen and oxygen atoms in total. The molecule has 2 heterocycles. The summed E-state index contributed by atoms with van der Waals surface area (Å²) >= 11 is 0. The van der Waals surface area contributed by atoms with Gasteiger partial charge in [-0.05, 0) is 80.7 Å². The number of fused-ring (bicyclic) bond motifs is 1. The highest BCUT2D eigenvalue weighted by atomic mass is 28.4. The third-order valence-corrected chi connectivity index (χ3v) is 16.2. The van der Waals surface area contributed by atoms with Gasteiger partial charge < -0.3 is 32.8 Å². The zero-order valence-corrected chi connectivity index (χ0v) is 38.4. The fourth-order valence-electron chi connectivity index (χ4n) is 7.13. The average molecular weight is 850 g/mol. The van der Waals surface area contributed by atoms with Crippen molar-refractivity contribution < 1.29 is 42.4 Å². The number of esters is 2. The number of benzene rings is 2. The van der Waals surface area contributed by atoms with E-state index in [1.165, 1.54) is 57.8 Å². The van der Waals surface area contributed by atoms with Gasteiger partial charge in [-0.25, -0.2) is 9.59 Å². The highest BCUT2D eigenvalue weighted by Crippen LogP contribution is 2.41. The lowest BCUT2D eigenvalue weighted by molar-refractivity contribution is -0.282. The number of carbonyl (C=O) groups is 2. The third-order valence-electron chi connectivity index (χ3n) is 11.7. The molecule has 2 aromatic rings. The maximum atomic E-state index is 13.6. The molecule has 60 heavy (non-hydrogen) atoms. The van der Waals surface area contributed by atoms with Gasteiger partial charge >= 0.3 is 11.9 Å². The van der Waals surface area contributed by atoms with Crippen LogP contribution in [0.15, 0.2) is 77.9 Å². The van der Waals surface area contributed by atoms with Gasteiger partial charge in [-0.15, -0.1) is 0 Å². The molecule has 2 aliphatic heterocycles. The Morgan fingerprint density at radius 3 is 1.97 bits per heavy atom. The molecule has 2 aliphatic rings. The third kappa shape index (κ3) is 15.4. The van der Waals surface area contributed by atoms with E-state index in [0.717, 1.165) is 19.3 Å². The summed E-state index contributed by atoms with van der Waals surface area (Å²) in [5.74, 6) is -2.18. The minimum absolute atomic E-state index is 0.0630. The first-order valence-electron chi connectivity index (χ1n) is 22.2. The number of nitrogens with zero attached hydrogens (tertiary/aromatic N) is 3. The Balaban J connectivity index is 1.52. The van der Waals surface area contributed by atoms with Gasteiger partial charge in [0, 0.05) is 4.91 Å². The summed E-state index contributed by atoms with van der Waals surface area (Å²) in [5, 5.41) is 4.00. The van der Waals surface area contributed by atoms with Crippen molar-refractivity contribution in [3.05, 3.63) is 94.4 Å². The maximum absolute atomic E-state index is 13.6. The molecular weight excluding hydrogens is 779 g/mol. The van der Waals surface area contributed by atoms with Crippen LogP contribution < -0.4 is 0 Å². The minimum atomic E-state index is -2.23. The van der Waals surface area contributed by atoms with Crippen molar-refractivity contribution in [3.63, 3.8) is 0 Å². The molecule has 0 N–H and O–H groups in total. The van der Waals surface area contributed by atoms with Crippen LogP contribution in [0.1, 0.15) is 139 Å². The standard InChI is InChI=1S/C47H71N3O9Si/c1-9-10-11-12-13-14-15-16-17-18-19-20-27-32-38(55-43(51)35-28-23-21-24-29-35)37(49-50-48)33-53-45-42(57-44(52)36-30-25-22-26-31-36)41-40(58-47(5,6)59-41)39(56-45)34-54-60(7,8)46(2,3)4/h21-32,37-42,45H,9-20,33-34H2,1-8H3/t37-,38+,39+,40-,41-,42+,45+/m0/s1. The van der Waals surface area contributed by atoms with Crippen molar-refractivity contribution in [1.82, 2.24) is 0 Å². The first-order valence-corrected chi connectivity index (χ1v) is 25.1. The monoisotopic (exact) mass is 849 g/mol. The van der Waals surface area contributed by atoms with Crippen LogP contribution in [-0.2, 0) is 32.8 Å². The second-order valence-corrected chi connectivity index (χ2v) is 22.8. The number of hydrogen-bond acceptors (Lipinski definition) is 10. The van der Waals surface area contributed by atoms with Gasteiger partial charge in [-0.3, -0.25) is 0 Å². The molecule has 0 amide bonds. The fraction of sp³-hybridized carbons (Fsp3) is 0.660. The smallest absolute Gasteiger partial charge is 0.338 e. The summed E-state index contributed by atoms with van der Waals surface area (Å²) in [7, 11) is -2.23. The first kappa shape index (κ1) is 49.1. The second kappa shape index (κ2) is 24.2. The Labute approximate surface area is 359 Å². The van der Waals surface area contributed by atoms with Gasteiger partial charge in [0.25, 0.3) is 0 Å². The number of azide groups is 1. The van der Waals surface area contributed by atoms with E-state index in [2.05, 4.69) is 50.8 Å². The summed E-state index contributed by atoms with van der Waals surface area (Å²) < 4.78 is 44.7. The SMILES string of the molecule is CCCCCCCCCCCCCC=C[C@@H](OC(=O)c1ccccc1)[C@H](CO[C@@H]1O[C@H](CO[Si](C)(C)C(C)(C)C)[C@@H]2OC(C)(C)O[C@@H]2[C@H]1OC(=O)c1ccccc1)N=[N+]=[N-]. The van der Waals surface area contributed by atoms with Crippen LogP contribution in [0, 0.1) is 0 Å². The molecule has 332 valence electrons. The van der Waals surface area contributed by atoms with E-state index in [1.807, 2.05) is 18.2 Å². The topological polar surface area (TPSA) is 148 Å². The molecule has 2 saturated heterocycles. The fourth-order valence-corrected chi connectivity index (χ4v) is 8.14. The van der Waals surface area contributed by atoms with E-state index in [0.29, 0.717) is 11.1 Å². The number of unbranched alkanes of at least 4 members (excludes halogenated alkanes) is 11. The van der Waals surface area contributed by atoms with Crippen LogP contribution in [0.5, 0.6) is 0 Å². The molecule has 0 saturated carbocycles. The Bertz CT molecular complexity index is 1660. The van der Waals surface area contributed by atoms with Gasteiger partial charge in [0.05, 0.1) is 24.3 Å². The highest BCUT2D eigenvalue weighted by molar-refractivity contribution is 6.74. The molecule has 0 aromatic heterocycles. The van der Waals surface area contributed by atoms with E-state index in [9.17, 15) is 15.1 Å². The van der Waals surface area contributed by atoms with E-state index in [4.69, 9.17) is 32.8 Å². The molecule has 0 spiro atoms. The normalized spacial score (nSPS) is 22.4. The van der Waals surface area contributed by atoms with Crippen LogP contribution >= 0.6 is 0 Å². The molecular formula is C47H71N3O9Si.